The lowest BCUT2D eigenvalue weighted by atomic mass is 9.71. The number of rotatable bonds is 7. The van der Waals surface area contributed by atoms with Crippen molar-refractivity contribution in [1.29, 1.82) is 0 Å². The molecule has 0 atom stereocenters. The summed E-state index contributed by atoms with van der Waals surface area (Å²) >= 11 is 7.11. The van der Waals surface area contributed by atoms with Gasteiger partial charge in [-0.05, 0) is 72.2 Å². The Bertz CT molecular complexity index is 1380. The summed E-state index contributed by atoms with van der Waals surface area (Å²) < 4.78 is 7.65. The maximum Gasteiger partial charge on any atom is 0.340 e. The van der Waals surface area contributed by atoms with Crippen LogP contribution in [0.25, 0.3) is 0 Å². The van der Waals surface area contributed by atoms with E-state index in [2.05, 4.69) is 31.9 Å². The first kappa shape index (κ1) is 27.2. The maximum absolute atomic E-state index is 13.5. The number of benzene rings is 3. The van der Waals surface area contributed by atoms with Gasteiger partial charge in [0.1, 0.15) is 11.5 Å². The number of cyclic esters (lactones) is 1. The zero-order chi connectivity index (χ0) is 27.2. The highest BCUT2D eigenvalue weighted by atomic mass is 79.9. The molecule has 3 aromatic rings. The van der Waals surface area contributed by atoms with Crippen LogP contribution < -0.4 is 0 Å². The molecule has 3 N–H and O–H groups in total. The molecule has 3 aromatic carbocycles. The molecule has 6 nitrogen and oxygen atoms in total. The lowest BCUT2D eigenvalue weighted by Crippen LogP contribution is -2.34. The van der Waals surface area contributed by atoms with E-state index in [1.807, 2.05) is 27.7 Å². The number of carboxylic acid groups (broad SMARTS) is 1. The van der Waals surface area contributed by atoms with Crippen LogP contribution in [0.4, 0.5) is 0 Å². The summed E-state index contributed by atoms with van der Waals surface area (Å²) in [4.78, 5) is 26.0. The number of aromatic carboxylic acids is 1. The van der Waals surface area contributed by atoms with E-state index < -0.39 is 17.5 Å². The summed E-state index contributed by atoms with van der Waals surface area (Å²) in [7, 11) is 0. The normalized spacial score (nSPS) is 13.9. The molecule has 1 aliphatic rings. The zero-order valence-electron chi connectivity index (χ0n) is 21.0. The number of hydrogen-bond donors (Lipinski definition) is 3. The van der Waals surface area contributed by atoms with E-state index in [0.29, 0.717) is 34.6 Å². The Balaban J connectivity index is 2.37. The summed E-state index contributed by atoms with van der Waals surface area (Å²) in [5.41, 5.74) is 1.95. The number of halogens is 2. The largest absolute Gasteiger partial charge is 0.507 e. The van der Waals surface area contributed by atoms with Crippen molar-refractivity contribution in [2.75, 3.05) is 0 Å². The van der Waals surface area contributed by atoms with Gasteiger partial charge in [-0.3, -0.25) is 0 Å². The second kappa shape index (κ2) is 10.1. The van der Waals surface area contributed by atoms with E-state index in [-0.39, 0.29) is 39.3 Å². The molecule has 0 radical (unpaired) electrons. The number of ether oxygens (including phenoxy) is 1. The van der Waals surface area contributed by atoms with Gasteiger partial charge in [0, 0.05) is 14.5 Å². The first-order valence-electron chi connectivity index (χ1n) is 12.3. The Morgan fingerprint density at radius 1 is 0.811 bits per heavy atom. The van der Waals surface area contributed by atoms with Crippen molar-refractivity contribution in [2.45, 2.75) is 59.0 Å². The average Bonchev–Trinajstić information content (AvgIpc) is 3.15. The summed E-state index contributed by atoms with van der Waals surface area (Å²) in [5.74, 6) is -2.29. The number of hydrogen-bond acceptors (Lipinski definition) is 5. The van der Waals surface area contributed by atoms with Crippen LogP contribution in [0.5, 0.6) is 11.5 Å². The second-order valence-corrected chi connectivity index (χ2v) is 10.6. The van der Waals surface area contributed by atoms with Crippen molar-refractivity contribution in [3.8, 4) is 11.5 Å². The number of phenolic OH excluding ortho intramolecular Hbond substituents is 2. The first-order valence-corrected chi connectivity index (χ1v) is 13.8. The predicted octanol–water partition coefficient (Wildman–Crippen LogP) is 7.03. The van der Waals surface area contributed by atoms with Crippen molar-refractivity contribution in [3.05, 3.63) is 89.3 Å². The van der Waals surface area contributed by atoms with Crippen molar-refractivity contribution in [3.63, 3.8) is 0 Å². The van der Waals surface area contributed by atoms with E-state index in [1.54, 1.807) is 12.1 Å². The van der Waals surface area contributed by atoms with Crippen LogP contribution in [-0.4, -0.2) is 27.3 Å². The third-order valence-electron chi connectivity index (χ3n) is 7.18. The number of fused-ring (bicyclic) bond motifs is 1. The van der Waals surface area contributed by atoms with E-state index in [9.17, 15) is 24.9 Å². The maximum atomic E-state index is 13.5. The number of aromatic hydroxyl groups is 2. The Hall–Kier alpha value is -2.84. The number of carboxylic acids is 1. The van der Waals surface area contributed by atoms with Gasteiger partial charge in [-0.15, -0.1) is 0 Å². The second-order valence-electron chi connectivity index (χ2n) is 8.94. The van der Waals surface area contributed by atoms with E-state index in [1.165, 1.54) is 18.2 Å². The molecular weight excluding hydrogens is 604 g/mol. The fraction of sp³-hybridized carbons (Fsp3) is 0.310. The SMILES string of the molecule is CCc1c(Br)cc(O)c(C2(c3c(O)cc(Br)c(CC)c3CC)OC(=O)c3cccc(C(=O)O)c32)c1CC. The van der Waals surface area contributed by atoms with Gasteiger partial charge in [-0.2, -0.15) is 0 Å². The van der Waals surface area contributed by atoms with Crippen molar-refractivity contribution >= 4 is 43.8 Å². The molecule has 194 valence electrons. The van der Waals surface area contributed by atoms with Crippen LogP contribution in [0.15, 0.2) is 39.3 Å². The monoisotopic (exact) mass is 630 g/mol. The van der Waals surface area contributed by atoms with E-state index >= 15 is 0 Å². The summed E-state index contributed by atoms with van der Waals surface area (Å²) in [5, 5.41) is 33.3. The molecule has 0 amide bonds. The molecule has 0 aliphatic carbocycles. The molecule has 0 aromatic heterocycles. The fourth-order valence-electron chi connectivity index (χ4n) is 5.79. The molecule has 0 fully saturated rings. The minimum atomic E-state index is -1.89. The number of esters is 1. The molecule has 1 heterocycles. The van der Waals surface area contributed by atoms with Crippen LogP contribution in [0.1, 0.15) is 87.4 Å². The van der Waals surface area contributed by atoms with Gasteiger partial charge in [0.05, 0.1) is 22.3 Å². The predicted molar refractivity (Wildman–Crippen MR) is 148 cm³/mol. The smallest absolute Gasteiger partial charge is 0.340 e. The van der Waals surface area contributed by atoms with Gasteiger partial charge in [-0.25, -0.2) is 9.59 Å². The zero-order valence-corrected chi connectivity index (χ0v) is 24.2. The average molecular weight is 632 g/mol. The Morgan fingerprint density at radius 2 is 1.27 bits per heavy atom. The quantitative estimate of drug-likeness (QED) is 0.242. The summed E-state index contributed by atoms with van der Waals surface area (Å²) in [6.07, 6.45) is 2.16. The Morgan fingerprint density at radius 3 is 1.68 bits per heavy atom. The Labute approximate surface area is 232 Å². The van der Waals surface area contributed by atoms with Crippen LogP contribution in [0.2, 0.25) is 0 Å². The van der Waals surface area contributed by atoms with Gasteiger partial charge in [0.15, 0.2) is 5.60 Å². The highest BCUT2D eigenvalue weighted by Crippen LogP contribution is 2.57. The standard InChI is InChI=1S/C29H28Br2O6/c1-5-14-16(7-3)25(22(32)12-20(14)30)29(26-17(8-4)15(6-2)21(31)13-23(26)33)24-18(27(34)35)10-9-11-19(24)28(36)37-29/h9-13,32-33H,5-8H2,1-4H3,(H,34,35). The molecule has 1 aliphatic heterocycles. The number of carbonyl (C=O) groups excluding carboxylic acids is 1. The van der Waals surface area contributed by atoms with Crippen molar-refractivity contribution in [2.24, 2.45) is 0 Å². The van der Waals surface area contributed by atoms with Crippen molar-refractivity contribution < 1.29 is 29.6 Å². The number of carbonyl (C=O) groups is 2. The first-order chi connectivity index (χ1) is 17.6. The number of phenols is 2. The Kier molecular flexibility index (Phi) is 7.45. The van der Waals surface area contributed by atoms with E-state index in [4.69, 9.17) is 4.74 Å². The molecule has 0 saturated carbocycles. The van der Waals surface area contributed by atoms with Crippen LogP contribution in [0, 0.1) is 0 Å². The molecule has 0 spiro atoms. The van der Waals surface area contributed by atoms with E-state index in [0.717, 1.165) is 22.3 Å². The third kappa shape index (κ3) is 3.96. The van der Waals surface area contributed by atoms with Crippen LogP contribution in [-0.2, 0) is 36.0 Å². The molecule has 37 heavy (non-hydrogen) atoms. The molecule has 4 rings (SSSR count). The lowest BCUT2D eigenvalue weighted by Gasteiger charge is -2.36. The van der Waals surface area contributed by atoms with Gasteiger partial charge in [0.25, 0.3) is 0 Å². The molecule has 0 unspecified atom stereocenters. The van der Waals surface area contributed by atoms with Gasteiger partial charge < -0.3 is 20.1 Å². The fourth-order valence-corrected chi connectivity index (χ4v) is 7.26. The molecule has 0 bridgehead atoms. The van der Waals surface area contributed by atoms with Gasteiger partial charge in [0.2, 0.25) is 0 Å². The highest BCUT2D eigenvalue weighted by Gasteiger charge is 2.55. The minimum Gasteiger partial charge on any atom is -0.507 e. The lowest BCUT2D eigenvalue weighted by molar-refractivity contribution is 0.0228. The third-order valence-corrected chi connectivity index (χ3v) is 8.59. The van der Waals surface area contributed by atoms with Gasteiger partial charge >= 0.3 is 11.9 Å². The summed E-state index contributed by atoms with van der Waals surface area (Å²) in [6.45, 7) is 7.82. The minimum absolute atomic E-state index is 0.0877. The van der Waals surface area contributed by atoms with Gasteiger partial charge in [-0.1, -0.05) is 65.6 Å². The summed E-state index contributed by atoms with van der Waals surface area (Å²) in [6, 6.07) is 7.54. The van der Waals surface area contributed by atoms with Crippen LogP contribution in [0.3, 0.4) is 0 Å². The highest BCUT2D eigenvalue weighted by molar-refractivity contribution is 9.10. The van der Waals surface area contributed by atoms with Crippen molar-refractivity contribution in [1.82, 2.24) is 0 Å². The topological polar surface area (TPSA) is 104 Å². The van der Waals surface area contributed by atoms with Crippen LogP contribution >= 0.6 is 31.9 Å². The molecule has 8 heteroatoms. The molecule has 0 saturated heterocycles. The molecular formula is C29H28Br2O6.